The zero-order valence-electron chi connectivity index (χ0n) is 16.9. The molecule has 4 rings (SSSR count). The summed E-state index contributed by atoms with van der Waals surface area (Å²) in [5.41, 5.74) is 3.76. The largest absolute Gasteiger partial charge is 0.496 e. The average molecular weight is 422 g/mol. The molecule has 0 saturated heterocycles. The normalized spacial score (nSPS) is 15.7. The Morgan fingerprint density at radius 2 is 1.73 bits per heavy atom. The van der Waals surface area contributed by atoms with Gasteiger partial charge in [-0.1, -0.05) is 48.0 Å². The second kappa shape index (κ2) is 7.95. The van der Waals surface area contributed by atoms with E-state index in [2.05, 4.69) is 0 Å². The number of ether oxygens (including phenoxy) is 1. The van der Waals surface area contributed by atoms with Crippen LogP contribution in [-0.4, -0.2) is 28.4 Å². The van der Waals surface area contributed by atoms with Gasteiger partial charge in [0.25, 0.3) is 10.0 Å². The molecule has 3 aromatic carbocycles. The van der Waals surface area contributed by atoms with Crippen molar-refractivity contribution in [2.75, 3.05) is 18.0 Å². The molecule has 1 aliphatic rings. The number of nitrogens with zero attached hydrogens (tertiary/aromatic N) is 1. The first-order chi connectivity index (χ1) is 14.5. The summed E-state index contributed by atoms with van der Waals surface area (Å²) in [6.07, 6.45) is 1.39. The molecule has 0 saturated carbocycles. The second-order valence-corrected chi connectivity index (χ2v) is 9.33. The summed E-state index contributed by atoms with van der Waals surface area (Å²) >= 11 is 0. The van der Waals surface area contributed by atoms with Crippen molar-refractivity contribution in [3.05, 3.63) is 89.0 Å². The molecule has 30 heavy (non-hydrogen) atoms. The lowest BCUT2D eigenvalue weighted by Crippen LogP contribution is -2.30. The van der Waals surface area contributed by atoms with Crippen molar-refractivity contribution in [1.29, 1.82) is 0 Å². The summed E-state index contributed by atoms with van der Waals surface area (Å²) in [4.78, 5) is 12.2. The number of carbonyl (C=O) groups is 1. The molecule has 5 nitrogen and oxygen atoms in total. The van der Waals surface area contributed by atoms with E-state index in [1.165, 1.54) is 11.4 Å². The van der Waals surface area contributed by atoms with E-state index in [0.29, 0.717) is 23.4 Å². The van der Waals surface area contributed by atoms with Crippen molar-refractivity contribution >= 4 is 22.0 Å². The van der Waals surface area contributed by atoms with Crippen LogP contribution in [0, 0.1) is 6.92 Å². The van der Waals surface area contributed by atoms with E-state index in [0.717, 1.165) is 23.0 Å². The summed E-state index contributed by atoms with van der Waals surface area (Å²) in [5, 5.41) is 0. The first kappa shape index (κ1) is 20.2. The molecular formula is C24H23NO4S. The number of aldehydes is 1. The van der Waals surface area contributed by atoms with Crippen molar-refractivity contribution in [3.63, 3.8) is 0 Å². The highest BCUT2D eigenvalue weighted by molar-refractivity contribution is 7.92. The lowest BCUT2D eigenvalue weighted by Gasteiger charge is -2.20. The van der Waals surface area contributed by atoms with Gasteiger partial charge in [0.05, 0.1) is 23.3 Å². The summed E-state index contributed by atoms with van der Waals surface area (Å²) < 4.78 is 33.7. The Morgan fingerprint density at radius 3 is 2.37 bits per heavy atom. The Labute approximate surface area is 177 Å². The summed E-state index contributed by atoms with van der Waals surface area (Å²) in [6, 6.07) is 20.1. The molecule has 6 heteroatoms. The lowest BCUT2D eigenvalue weighted by molar-refractivity contribution is 0.111. The van der Waals surface area contributed by atoms with Crippen LogP contribution in [0.15, 0.2) is 71.6 Å². The number of fused-ring (bicyclic) bond motifs is 1. The first-order valence-corrected chi connectivity index (χ1v) is 11.2. The third kappa shape index (κ3) is 3.48. The predicted molar refractivity (Wildman–Crippen MR) is 117 cm³/mol. The summed E-state index contributed by atoms with van der Waals surface area (Å²) in [6.45, 7) is 2.19. The van der Waals surface area contributed by atoms with Gasteiger partial charge in [-0.2, -0.15) is 0 Å². The predicted octanol–water partition coefficient (Wildman–Crippen LogP) is 4.35. The Morgan fingerprint density at radius 1 is 1.03 bits per heavy atom. The van der Waals surface area contributed by atoms with Gasteiger partial charge in [-0.25, -0.2) is 8.42 Å². The molecule has 0 amide bonds. The topological polar surface area (TPSA) is 63.7 Å². The van der Waals surface area contributed by atoms with E-state index in [1.807, 2.05) is 37.3 Å². The van der Waals surface area contributed by atoms with E-state index in [-0.39, 0.29) is 17.4 Å². The number of anilines is 1. The third-order valence-electron chi connectivity index (χ3n) is 5.56. The fraction of sp³-hybridized carbons (Fsp3) is 0.208. The number of hydrogen-bond acceptors (Lipinski definition) is 4. The van der Waals surface area contributed by atoms with Crippen LogP contribution in [0.25, 0.3) is 0 Å². The SMILES string of the molecule is COc1ccc2c(c1C=O)C(Cc1ccccc1)CN2S(=O)(=O)c1ccc(C)cc1. The maximum absolute atomic E-state index is 13.5. The fourth-order valence-electron chi connectivity index (χ4n) is 4.07. The maximum Gasteiger partial charge on any atom is 0.264 e. The van der Waals surface area contributed by atoms with Crippen molar-refractivity contribution in [3.8, 4) is 5.75 Å². The molecular weight excluding hydrogens is 398 g/mol. The van der Waals surface area contributed by atoms with E-state index < -0.39 is 10.0 Å². The van der Waals surface area contributed by atoms with Gasteiger partial charge in [-0.05, 0) is 48.7 Å². The van der Waals surface area contributed by atoms with Crippen LogP contribution in [0.2, 0.25) is 0 Å². The molecule has 0 bridgehead atoms. The number of rotatable bonds is 6. The summed E-state index contributed by atoms with van der Waals surface area (Å²) in [7, 11) is -2.25. The number of aryl methyl sites for hydroxylation is 1. The van der Waals surface area contributed by atoms with Crippen LogP contribution in [-0.2, 0) is 16.4 Å². The maximum atomic E-state index is 13.5. The Hall–Kier alpha value is -3.12. The van der Waals surface area contributed by atoms with Gasteiger partial charge in [0.15, 0.2) is 6.29 Å². The van der Waals surface area contributed by atoms with Crippen LogP contribution in [0.3, 0.4) is 0 Å². The van der Waals surface area contributed by atoms with Crippen molar-refractivity contribution in [1.82, 2.24) is 0 Å². The van der Waals surface area contributed by atoms with E-state index in [4.69, 9.17) is 4.74 Å². The van der Waals surface area contributed by atoms with Gasteiger partial charge in [-0.15, -0.1) is 0 Å². The smallest absolute Gasteiger partial charge is 0.264 e. The minimum absolute atomic E-state index is 0.155. The standard InChI is InChI=1S/C24H23NO4S/c1-17-8-10-20(11-9-17)30(27,28)25-15-19(14-18-6-4-3-5-7-18)24-21(16-26)23(29-2)13-12-22(24)25/h3-13,16,19H,14-15H2,1-2H3. The fourth-order valence-corrected chi connectivity index (χ4v) is 5.60. The van der Waals surface area contributed by atoms with Crippen molar-refractivity contribution < 1.29 is 17.9 Å². The molecule has 1 aliphatic heterocycles. The second-order valence-electron chi connectivity index (χ2n) is 7.47. The quantitative estimate of drug-likeness (QED) is 0.555. The van der Waals surface area contributed by atoms with Crippen LogP contribution in [0.5, 0.6) is 5.75 Å². The molecule has 0 fully saturated rings. The molecule has 0 spiro atoms. The molecule has 0 aromatic heterocycles. The van der Waals surface area contributed by atoms with Gasteiger partial charge in [0, 0.05) is 12.5 Å². The van der Waals surface area contributed by atoms with E-state index in [9.17, 15) is 13.2 Å². The first-order valence-electron chi connectivity index (χ1n) is 9.75. The zero-order valence-corrected chi connectivity index (χ0v) is 17.7. The minimum atomic E-state index is -3.76. The zero-order chi connectivity index (χ0) is 21.3. The molecule has 0 radical (unpaired) electrons. The Bertz CT molecular complexity index is 1170. The monoisotopic (exact) mass is 421 g/mol. The summed E-state index contributed by atoms with van der Waals surface area (Å²) in [5.74, 6) is 0.300. The van der Waals surface area contributed by atoms with Crippen molar-refractivity contribution in [2.45, 2.75) is 24.2 Å². The Kier molecular flexibility index (Phi) is 5.35. The van der Waals surface area contributed by atoms with Crippen LogP contribution in [0.4, 0.5) is 5.69 Å². The molecule has 0 aliphatic carbocycles. The van der Waals surface area contributed by atoms with Gasteiger partial charge in [0.1, 0.15) is 5.75 Å². The molecule has 3 aromatic rings. The number of methoxy groups -OCH3 is 1. The van der Waals surface area contributed by atoms with E-state index >= 15 is 0 Å². The number of carbonyl (C=O) groups excluding carboxylic acids is 1. The van der Waals surface area contributed by atoms with Crippen LogP contribution < -0.4 is 9.04 Å². The number of benzene rings is 3. The van der Waals surface area contributed by atoms with Crippen LogP contribution in [0.1, 0.15) is 33.0 Å². The van der Waals surface area contributed by atoms with Gasteiger partial charge < -0.3 is 4.74 Å². The molecule has 1 heterocycles. The number of sulfonamides is 1. The third-order valence-corrected chi connectivity index (χ3v) is 7.35. The van der Waals surface area contributed by atoms with Crippen LogP contribution >= 0.6 is 0 Å². The van der Waals surface area contributed by atoms with Gasteiger partial charge >= 0.3 is 0 Å². The molecule has 1 unspecified atom stereocenters. The average Bonchev–Trinajstić information content (AvgIpc) is 3.13. The molecule has 154 valence electrons. The highest BCUT2D eigenvalue weighted by Crippen LogP contribution is 2.45. The van der Waals surface area contributed by atoms with Crippen molar-refractivity contribution in [2.24, 2.45) is 0 Å². The van der Waals surface area contributed by atoms with Gasteiger partial charge in [0.2, 0.25) is 0 Å². The number of hydrogen-bond donors (Lipinski definition) is 0. The molecule has 1 atom stereocenters. The Balaban J connectivity index is 1.84. The van der Waals surface area contributed by atoms with Gasteiger partial charge in [-0.3, -0.25) is 9.10 Å². The van der Waals surface area contributed by atoms with E-state index in [1.54, 1.807) is 36.4 Å². The highest BCUT2D eigenvalue weighted by Gasteiger charge is 2.39. The molecule has 0 N–H and O–H groups in total. The lowest BCUT2D eigenvalue weighted by atomic mass is 9.90. The highest BCUT2D eigenvalue weighted by atomic mass is 32.2. The minimum Gasteiger partial charge on any atom is -0.496 e.